The van der Waals surface area contributed by atoms with Gasteiger partial charge in [-0.1, -0.05) is 31.4 Å². The van der Waals surface area contributed by atoms with Crippen LogP contribution in [0.15, 0.2) is 24.3 Å². The maximum atomic E-state index is 12.1. The van der Waals surface area contributed by atoms with Crippen LogP contribution in [0.5, 0.6) is 0 Å². The minimum Gasteiger partial charge on any atom is -0.326 e. The zero-order chi connectivity index (χ0) is 19.9. The Hall–Kier alpha value is -1.40. The molecule has 0 saturated heterocycles. The van der Waals surface area contributed by atoms with Crippen molar-refractivity contribution in [3.05, 3.63) is 29.8 Å². The number of rotatable bonds is 8. The molecule has 152 valence electrons. The number of hydrogen-bond donors (Lipinski definition) is 2. The van der Waals surface area contributed by atoms with Gasteiger partial charge in [-0.3, -0.25) is 4.79 Å². The number of anilines is 1. The van der Waals surface area contributed by atoms with Gasteiger partial charge < -0.3 is 5.32 Å². The van der Waals surface area contributed by atoms with Crippen LogP contribution < -0.4 is 10.0 Å². The van der Waals surface area contributed by atoms with Gasteiger partial charge in [-0.25, -0.2) is 13.1 Å². The van der Waals surface area contributed by atoms with Gasteiger partial charge in [0.2, 0.25) is 15.9 Å². The van der Waals surface area contributed by atoms with Crippen molar-refractivity contribution in [3.63, 3.8) is 0 Å². The number of carbonyl (C=O) groups is 1. The molecule has 0 aliphatic heterocycles. The van der Waals surface area contributed by atoms with Crippen LogP contribution in [0.2, 0.25) is 0 Å². The van der Waals surface area contributed by atoms with Crippen LogP contribution in [0.4, 0.5) is 5.69 Å². The first-order chi connectivity index (χ1) is 12.7. The molecule has 0 aromatic heterocycles. The van der Waals surface area contributed by atoms with Crippen LogP contribution in [-0.4, -0.2) is 25.6 Å². The summed E-state index contributed by atoms with van der Waals surface area (Å²) in [4.78, 5) is 12.1. The van der Waals surface area contributed by atoms with E-state index in [1.807, 2.05) is 12.1 Å². The molecule has 6 heteroatoms. The van der Waals surface area contributed by atoms with Gasteiger partial charge in [0.25, 0.3) is 0 Å². The molecule has 1 aliphatic rings. The molecule has 0 unspecified atom stereocenters. The smallest absolute Gasteiger partial charge is 0.224 e. The lowest BCUT2D eigenvalue weighted by molar-refractivity contribution is -0.116. The molecule has 1 aromatic carbocycles. The Labute approximate surface area is 164 Å². The minimum absolute atomic E-state index is 0.0286. The largest absolute Gasteiger partial charge is 0.326 e. The molecule has 0 heterocycles. The number of unbranched alkanes of at least 4 members (excludes halogenated alkanes) is 1. The van der Waals surface area contributed by atoms with Gasteiger partial charge in [0.05, 0.1) is 4.75 Å². The molecule has 2 rings (SSSR count). The molecule has 1 amide bonds. The topological polar surface area (TPSA) is 75.3 Å². The second-order valence-electron chi connectivity index (χ2n) is 8.47. The fourth-order valence-electron chi connectivity index (χ4n) is 3.33. The molecule has 1 saturated carbocycles. The summed E-state index contributed by atoms with van der Waals surface area (Å²) in [5.74, 6) is 0.638. The van der Waals surface area contributed by atoms with Crippen molar-refractivity contribution < 1.29 is 13.2 Å². The molecule has 1 aromatic rings. The third-order valence-electron chi connectivity index (χ3n) is 5.20. The molecule has 0 radical (unpaired) electrons. The van der Waals surface area contributed by atoms with Crippen molar-refractivity contribution in [1.82, 2.24) is 4.72 Å². The van der Waals surface area contributed by atoms with E-state index in [-0.39, 0.29) is 5.91 Å². The molecule has 0 atom stereocenters. The van der Waals surface area contributed by atoms with E-state index >= 15 is 0 Å². The molecular weight excluding hydrogens is 360 g/mol. The predicted octanol–water partition coefficient (Wildman–Crippen LogP) is 4.56. The third-order valence-corrected chi connectivity index (χ3v) is 7.40. The van der Waals surface area contributed by atoms with Crippen molar-refractivity contribution in [2.24, 2.45) is 0 Å². The maximum Gasteiger partial charge on any atom is 0.224 e. The van der Waals surface area contributed by atoms with Gasteiger partial charge in [0.15, 0.2) is 0 Å². The van der Waals surface area contributed by atoms with E-state index in [1.165, 1.54) is 37.7 Å². The second kappa shape index (κ2) is 9.69. The summed E-state index contributed by atoms with van der Waals surface area (Å²) < 4.78 is 25.7. The number of amides is 1. The summed E-state index contributed by atoms with van der Waals surface area (Å²) >= 11 is 0. The zero-order valence-corrected chi connectivity index (χ0v) is 17.7. The molecule has 1 fully saturated rings. The van der Waals surface area contributed by atoms with Gasteiger partial charge in [-0.2, -0.15) is 0 Å². The van der Waals surface area contributed by atoms with Gasteiger partial charge in [0, 0.05) is 18.7 Å². The quantitative estimate of drug-likeness (QED) is 0.635. The van der Waals surface area contributed by atoms with Crippen LogP contribution >= 0.6 is 0 Å². The van der Waals surface area contributed by atoms with Crippen LogP contribution in [-0.2, 0) is 14.8 Å². The van der Waals surface area contributed by atoms with E-state index in [0.717, 1.165) is 5.69 Å². The Morgan fingerprint density at radius 1 is 1.04 bits per heavy atom. The normalized spacial score (nSPS) is 16.3. The predicted molar refractivity (Wildman–Crippen MR) is 111 cm³/mol. The van der Waals surface area contributed by atoms with E-state index in [4.69, 9.17) is 0 Å². The first-order valence-corrected chi connectivity index (χ1v) is 11.6. The Bertz CT molecular complexity index is 700. The van der Waals surface area contributed by atoms with Gasteiger partial charge in [-0.05, 0) is 70.1 Å². The molecule has 27 heavy (non-hydrogen) atoms. The number of hydrogen-bond acceptors (Lipinski definition) is 3. The summed E-state index contributed by atoms with van der Waals surface area (Å²) in [5.41, 5.74) is 2.20. The van der Waals surface area contributed by atoms with Crippen LogP contribution in [0.3, 0.4) is 0 Å². The highest BCUT2D eigenvalue weighted by molar-refractivity contribution is 7.90. The van der Waals surface area contributed by atoms with Gasteiger partial charge >= 0.3 is 0 Å². The van der Waals surface area contributed by atoms with E-state index in [9.17, 15) is 13.2 Å². The lowest BCUT2D eigenvalue weighted by Crippen LogP contribution is -2.39. The average Bonchev–Trinajstić information content (AvgIpc) is 2.62. The van der Waals surface area contributed by atoms with E-state index in [2.05, 4.69) is 22.2 Å². The lowest BCUT2D eigenvalue weighted by Gasteiger charge is -2.22. The zero-order valence-electron chi connectivity index (χ0n) is 16.9. The molecule has 0 spiro atoms. The van der Waals surface area contributed by atoms with Gasteiger partial charge in [0.1, 0.15) is 0 Å². The Kier molecular flexibility index (Phi) is 7.86. The number of carbonyl (C=O) groups excluding carboxylic acids is 1. The van der Waals surface area contributed by atoms with E-state index in [0.29, 0.717) is 31.7 Å². The Balaban J connectivity index is 1.68. The molecule has 1 aliphatic carbocycles. The first kappa shape index (κ1) is 21.9. The highest BCUT2D eigenvalue weighted by Gasteiger charge is 2.27. The fraction of sp³-hybridized carbons (Fsp3) is 0.667. The highest BCUT2D eigenvalue weighted by Crippen LogP contribution is 2.32. The first-order valence-electron chi connectivity index (χ1n) is 10.1. The molecule has 5 nitrogen and oxygen atoms in total. The average molecular weight is 395 g/mol. The molecule has 0 bridgehead atoms. The summed E-state index contributed by atoms with van der Waals surface area (Å²) in [7, 11) is -3.31. The second-order valence-corrected chi connectivity index (χ2v) is 11.0. The van der Waals surface area contributed by atoms with Crippen LogP contribution in [0.1, 0.15) is 83.6 Å². The van der Waals surface area contributed by atoms with Crippen molar-refractivity contribution in [2.45, 2.75) is 82.8 Å². The Morgan fingerprint density at radius 2 is 1.67 bits per heavy atom. The van der Waals surface area contributed by atoms with Crippen molar-refractivity contribution >= 4 is 21.6 Å². The Morgan fingerprint density at radius 3 is 2.26 bits per heavy atom. The van der Waals surface area contributed by atoms with E-state index < -0.39 is 14.8 Å². The highest BCUT2D eigenvalue weighted by atomic mass is 32.2. The lowest BCUT2D eigenvalue weighted by atomic mass is 9.84. The monoisotopic (exact) mass is 394 g/mol. The molecular formula is C21H34N2O3S. The van der Waals surface area contributed by atoms with Crippen LogP contribution in [0, 0.1) is 0 Å². The summed E-state index contributed by atoms with van der Waals surface area (Å²) in [6, 6.07) is 8.23. The summed E-state index contributed by atoms with van der Waals surface area (Å²) in [5, 5.41) is 2.93. The van der Waals surface area contributed by atoms with Gasteiger partial charge in [-0.15, -0.1) is 0 Å². The van der Waals surface area contributed by atoms with Crippen molar-refractivity contribution in [3.8, 4) is 0 Å². The third kappa shape index (κ3) is 6.92. The number of benzene rings is 1. The van der Waals surface area contributed by atoms with Crippen molar-refractivity contribution in [1.29, 1.82) is 0 Å². The minimum atomic E-state index is -3.31. The van der Waals surface area contributed by atoms with E-state index in [1.54, 1.807) is 20.8 Å². The number of sulfonamides is 1. The summed E-state index contributed by atoms with van der Waals surface area (Å²) in [6.45, 7) is 5.37. The standard InChI is InChI=1S/C21H34N2O3S/c1-21(2,3)27(25,26)22-16-8-7-11-20(24)23-19-14-12-18(13-15-19)17-9-5-4-6-10-17/h12-15,17,22H,4-11,16H2,1-3H3,(H,23,24). The molecule has 2 N–H and O–H groups in total. The van der Waals surface area contributed by atoms with Crippen LogP contribution in [0.25, 0.3) is 0 Å². The summed E-state index contributed by atoms with van der Waals surface area (Å²) in [6.07, 6.45) is 8.20. The fourth-order valence-corrected chi connectivity index (χ4v) is 4.18. The SMILES string of the molecule is CC(C)(C)S(=O)(=O)NCCCCC(=O)Nc1ccc(C2CCCCC2)cc1. The van der Waals surface area contributed by atoms with Crippen molar-refractivity contribution in [2.75, 3.05) is 11.9 Å². The maximum absolute atomic E-state index is 12.1. The number of nitrogens with one attached hydrogen (secondary N) is 2.